The number of carbonyl (C=O) groups is 2. The number of halogens is 2. The topological polar surface area (TPSA) is 66.4 Å². The van der Waals surface area contributed by atoms with Gasteiger partial charge in [0.15, 0.2) is 0 Å². The normalized spacial score (nSPS) is 11.9. The molecule has 0 bridgehead atoms. The zero-order chi connectivity index (χ0) is 15.4. The van der Waals surface area contributed by atoms with Crippen molar-refractivity contribution in [2.24, 2.45) is 0 Å². The lowest BCUT2D eigenvalue weighted by Gasteiger charge is -2.14. The Morgan fingerprint density at radius 1 is 1.24 bits per heavy atom. The van der Waals surface area contributed by atoms with Gasteiger partial charge in [0.05, 0.1) is 9.90 Å². The van der Waals surface area contributed by atoms with Gasteiger partial charge in [-0.25, -0.2) is 4.79 Å². The summed E-state index contributed by atoms with van der Waals surface area (Å²) in [6, 6.07) is 9.45. The van der Waals surface area contributed by atoms with Crippen molar-refractivity contribution in [1.82, 2.24) is 5.32 Å². The molecule has 7 heteroatoms. The Bertz CT molecular complexity index is 657. The number of hydrogen-bond acceptors (Lipinski definition) is 3. The van der Waals surface area contributed by atoms with Gasteiger partial charge in [0.25, 0.3) is 5.91 Å². The number of amides is 1. The number of carboxylic acids is 1. The van der Waals surface area contributed by atoms with E-state index in [1.54, 1.807) is 12.1 Å². The fraction of sp³-hybridized carbons (Fsp3) is 0.143. The lowest BCUT2D eigenvalue weighted by Crippen LogP contribution is -2.42. The average molecular weight is 344 g/mol. The number of aliphatic carboxylic acids is 1. The average Bonchev–Trinajstić information content (AvgIpc) is 2.78. The molecule has 0 aliphatic heterocycles. The first kappa shape index (κ1) is 15.8. The van der Waals surface area contributed by atoms with Crippen LogP contribution in [0.5, 0.6) is 0 Å². The number of thiophene rings is 1. The Balaban J connectivity index is 2.11. The van der Waals surface area contributed by atoms with E-state index in [-0.39, 0.29) is 16.3 Å². The summed E-state index contributed by atoms with van der Waals surface area (Å²) in [5.41, 5.74) is 1.01. The molecular weight excluding hydrogens is 333 g/mol. The van der Waals surface area contributed by atoms with E-state index in [1.807, 2.05) is 18.2 Å². The fourth-order valence-electron chi connectivity index (χ4n) is 1.78. The molecule has 2 rings (SSSR count). The van der Waals surface area contributed by atoms with E-state index in [2.05, 4.69) is 5.32 Å². The zero-order valence-corrected chi connectivity index (χ0v) is 13.0. The second-order valence-corrected chi connectivity index (χ2v) is 6.58. The molecule has 1 aromatic carbocycles. The molecule has 0 spiro atoms. The van der Waals surface area contributed by atoms with Crippen molar-refractivity contribution in [3.63, 3.8) is 0 Å². The molecule has 2 N–H and O–H groups in total. The molecule has 21 heavy (non-hydrogen) atoms. The van der Waals surface area contributed by atoms with Gasteiger partial charge in [-0.2, -0.15) is 0 Å². The molecule has 0 saturated heterocycles. The van der Waals surface area contributed by atoms with Crippen LogP contribution in [0.4, 0.5) is 0 Å². The maximum atomic E-state index is 12.1. The van der Waals surface area contributed by atoms with Gasteiger partial charge < -0.3 is 10.4 Å². The number of carbonyl (C=O) groups excluding carboxylic acids is 1. The van der Waals surface area contributed by atoms with Crippen molar-refractivity contribution < 1.29 is 14.7 Å². The molecule has 1 aromatic heterocycles. The van der Waals surface area contributed by atoms with E-state index in [1.165, 1.54) is 6.07 Å². The molecule has 0 aliphatic carbocycles. The Morgan fingerprint density at radius 3 is 2.43 bits per heavy atom. The van der Waals surface area contributed by atoms with Gasteiger partial charge in [-0.15, -0.1) is 11.3 Å². The molecule has 2 aromatic rings. The Hall–Kier alpha value is -1.56. The van der Waals surface area contributed by atoms with E-state index in [0.29, 0.717) is 4.34 Å². The van der Waals surface area contributed by atoms with Crippen LogP contribution in [-0.4, -0.2) is 23.0 Å². The standard InChI is InChI=1S/C14H11Cl2NO3S/c15-11-7-9(12(16)21-11)13(18)17-10(14(19)20)6-8-4-2-1-3-5-8/h1-5,7,10H,6H2,(H,17,18)(H,19,20)/t10-/m1/s1. The molecule has 4 nitrogen and oxygen atoms in total. The van der Waals surface area contributed by atoms with Gasteiger partial charge in [0, 0.05) is 6.42 Å². The minimum Gasteiger partial charge on any atom is -0.480 e. The highest BCUT2D eigenvalue weighted by Gasteiger charge is 2.23. The van der Waals surface area contributed by atoms with Crippen LogP contribution in [-0.2, 0) is 11.2 Å². The van der Waals surface area contributed by atoms with Crippen molar-refractivity contribution in [1.29, 1.82) is 0 Å². The Labute approximate surface area is 135 Å². The lowest BCUT2D eigenvalue weighted by molar-refractivity contribution is -0.139. The fourth-order valence-corrected chi connectivity index (χ4v) is 3.24. The highest BCUT2D eigenvalue weighted by atomic mass is 35.5. The SMILES string of the molecule is O=C(N[C@H](Cc1ccccc1)C(=O)O)c1cc(Cl)sc1Cl. The first-order valence-electron chi connectivity index (χ1n) is 6.00. The highest BCUT2D eigenvalue weighted by molar-refractivity contribution is 7.20. The third-order valence-corrected chi connectivity index (χ3v) is 4.27. The molecule has 1 atom stereocenters. The Kier molecular flexibility index (Phi) is 5.22. The zero-order valence-electron chi connectivity index (χ0n) is 10.7. The van der Waals surface area contributed by atoms with Gasteiger partial charge in [0.2, 0.25) is 0 Å². The third kappa shape index (κ3) is 4.20. The van der Waals surface area contributed by atoms with Gasteiger partial charge in [-0.3, -0.25) is 4.79 Å². The number of nitrogens with one attached hydrogen (secondary N) is 1. The second-order valence-electron chi connectivity index (χ2n) is 4.29. The summed E-state index contributed by atoms with van der Waals surface area (Å²) in [6.45, 7) is 0. The monoisotopic (exact) mass is 343 g/mol. The van der Waals surface area contributed by atoms with Crippen molar-refractivity contribution in [3.05, 3.63) is 56.2 Å². The van der Waals surface area contributed by atoms with Crippen molar-refractivity contribution in [3.8, 4) is 0 Å². The van der Waals surface area contributed by atoms with E-state index in [0.717, 1.165) is 16.9 Å². The van der Waals surface area contributed by atoms with E-state index in [9.17, 15) is 14.7 Å². The van der Waals surface area contributed by atoms with E-state index in [4.69, 9.17) is 23.2 Å². The minimum absolute atomic E-state index is 0.186. The smallest absolute Gasteiger partial charge is 0.326 e. The van der Waals surface area contributed by atoms with Crippen LogP contribution in [0.1, 0.15) is 15.9 Å². The predicted molar refractivity (Wildman–Crippen MR) is 83.4 cm³/mol. The summed E-state index contributed by atoms with van der Waals surface area (Å²) in [6.07, 6.45) is 0.192. The molecule has 0 aliphatic rings. The number of carboxylic acid groups (broad SMARTS) is 1. The molecule has 110 valence electrons. The van der Waals surface area contributed by atoms with Gasteiger partial charge in [-0.05, 0) is 11.6 Å². The summed E-state index contributed by atoms with van der Waals surface area (Å²) >= 11 is 12.7. The molecule has 0 fully saturated rings. The van der Waals surface area contributed by atoms with Crippen molar-refractivity contribution in [2.75, 3.05) is 0 Å². The van der Waals surface area contributed by atoms with Crippen molar-refractivity contribution in [2.45, 2.75) is 12.5 Å². The first-order valence-corrected chi connectivity index (χ1v) is 7.57. The number of benzene rings is 1. The second kappa shape index (κ2) is 6.93. The third-order valence-electron chi connectivity index (χ3n) is 2.79. The van der Waals surface area contributed by atoms with Gasteiger partial charge in [0.1, 0.15) is 10.4 Å². The maximum Gasteiger partial charge on any atom is 0.326 e. The van der Waals surface area contributed by atoms with Crippen LogP contribution in [0.25, 0.3) is 0 Å². The summed E-state index contributed by atoms with van der Waals surface area (Å²) < 4.78 is 0.612. The van der Waals surface area contributed by atoms with Gasteiger partial charge in [-0.1, -0.05) is 53.5 Å². The molecule has 1 amide bonds. The van der Waals surface area contributed by atoms with Crippen LogP contribution in [0.3, 0.4) is 0 Å². The van der Waals surface area contributed by atoms with Gasteiger partial charge >= 0.3 is 5.97 Å². The predicted octanol–water partition coefficient (Wildman–Crippen LogP) is 3.48. The number of rotatable bonds is 5. The lowest BCUT2D eigenvalue weighted by atomic mass is 10.1. The first-order chi connectivity index (χ1) is 9.97. The molecular formula is C14H11Cl2NO3S. The molecule has 0 unspecified atom stereocenters. The van der Waals surface area contributed by atoms with Crippen LogP contribution in [0.2, 0.25) is 8.67 Å². The molecule has 1 heterocycles. The largest absolute Gasteiger partial charge is 0.480 e. The summed E-state index contributed by atoms with van der Waals surface area (Å²) in [5.74, 6) is -1.66. The Morgan fingerprint density at radius 2 is 1.90 bits per heavy atom. The van der Waals surface area contributed by atoms with Crippen molar-refractivity contribution >= 4 is 46.4 Å². The minimum atomic E-state index is -1.11. The molecule has 0 saturated carbocycles. The summed E-state index contributed by atoms with van der Waals surface area (Å²) in [5, 5.41) is 11.7. The van der Waals surface area contributed by atoms with E-state index >= 15 is 0 Å². The summed E-state index contributed by atoms with van der Waals surface area (Å²) in [7, 11) is 0. The quantitative estimate of drug-likeness (QED) is 0.873. The van der Waals surface area contributed by atoms with E-state index < -0.39 is 17.9 Å². The maximum absolute atomic E-state index is 12.1. The summed E-state index contributed by atoms with van der Waals surface area (Å²) in [4.78, 5) is 23.4. The van der Waals surface area contributed by atoms with Crippen LogP contribution in [0, 0.1) is 0 Å². The highest BCUT2D eigenvalue weighted by Crippen LogP contribution is 2.31. The van der Waals surface area contributed by atoms with Crippen LogP contribution >= 0.6 is 34.5 Å². The van der Waals surface area contributed by atoms with Crippen LogP contribution in [0.15, 0.2) is 36.4 Å². The van der Waals surface area contributed by atoms with Crippen LogP contribution < -0.4 is 5.32 Å². The number of hydrogen-bond donors (Lipinski definition) is 2. The molecule has 0 radical (unpaired) electrons.